The molecule has 0 atom stereocenters. The highest BCUT2D eigenvalue weighted by Crippen LogP contribution is 2.28. The number of hydrogen-bond donors (Lipinski definition) is 1. The van der Waals surface area contributed by atoms with Crippen molar-refractivity contribution in [1.82, 2.24) is 10.2 Å². The first kappa shape index (κ1) is 17.0. The molecule has 2 heterocycles. The van der Waals surface area contributed by atoms with Crippen LogP contribution in [0.4, 0.5) is 11.5 Å². The van der Waals surface area contributed by atoms with E-state index in [2.05, 4.69) is 21.6 Å². The number of carbonyl (C=O) groups excluding carboxylic acids is 1. The third-order valence-corrected chi connectivity index (χ3v) is 4.67. The van der Waals surface area contributed by atoms with E-state index in [0.29, 0.717) is 24.6 Å². The van der Waals surface area contributed by atoms with Gasteiger partial charge in [0.1, 0.15) is 11.6 Å². The van der Waals surface area contributed by atoms with Gasteiger partial charge in [-0.25, -0.2) is 0 Å². The van der Waals surface area contributed by atoms with Gasteiger partial charge in [-0.15, -0.1) is 10.2 Å². The maximum absolute atomic E-state index is 12.8. The van der Waals surface area contributed by atoms with Crippen molar-refractivity contribution in [3.8, 4) is 5.75 Å². The van der Waals surface area contributed by atoms with Gasteiger partial charge in [0.05, 0.1) is 7.11 Å². The van der Waals surface area contributed by atoms with Gasteiger partial charge < -0.3 is 15.0 Å². The summed E-state index contributed by atoms with van der Waals surface area (Å²) in [6.45, 7) is 1.24. The van der Waals surface area contributed by atoms with E-state index in [9.17, 15) is 4.79 Å². The molecular weight excluding hydrogens is 340 g/mol. The zero-order valence-corrected chi connectivity index (χ0v) is 15.1. The van der Waals surface area contributed by atoms with E-state index < -0.39 is 0 Å². The maximum Gasteiger partial charge on any atom is 0.278 e. The zero-order valence-electron chi connectivity index (χ0n) is 15.1. The van der Waals surface area contributed by atoms with Gasteiger partial charge in [-0.1, -0.05) is 36.4 Å². The van der Waals surface area contributed by atoms with Crippen molar-refractivity contribution in [3.63, 3.8) is 0 Å². The Hall–Kier alpha value is -3.41. The molecule has 0 spiro atoms. The van der Waals surface area contributed by atoms with Gasteiger partial charge >= 0.3 is 0 Å². The molecule has 1 aliphatic heterocycles. The first-order valence-electron chi connectivity index (χ1n) is 8.85. The second-order valence-corrected chi connectivity index (χ2v) is 6.30. The van der Waals surface area contributed by atoms with Crippen molar-refractivity contribution in [3.05, 3.63) is 77.5 Å². The van der Waals surface area contributed by atoms with Crippen LogP contribution in [0.5, 0.6) is 5.75 Å². The number of benzene rings is 2. The second kappa shape index (κ2) is 7.45. The Balaban J connectivity index is 1.44. The number of rotatable bonds is 5. The summed E-state index contributed by atoms with van der Waals surface area (Å²) in [5.74, 6) is 1.31. The molecule has 27 heavy (non-hydrogen) atoms. The Morgan fingerprint density at radius 2 is 1.89 bits per heavy atom. The molecule has 3 aromatic rings. The summed E-state index contributed by atoms with van der Waals surface area (Å²) in [7, 11) is 1.65. The fourth-order valence-corrected chi connectivity index (χ4v) is 3.26. The minimum atomic E-state index is -0.122. The van der Waals surface area contributed by atoms with E-state index in [4.69, 9.17) is 4.74 Å². The first-order chi connectivity index (χ1) is 13.3. The van der Waals surface area contributed by atoms with Crippen LogP contribution in [-0.2, 0) is 13.0 Å². The topological polar surface area (TPSA) is 67.3 Å². The maximum atomic E-state index is 12.8. The number of methoxy groups -OCH3 is 1. The Kier molecular flexibility index (Phi) is 4.70. The van der Waals surface area contributed by atoms with Crippen LogP contribution in [0.1, 0.15) is 21.6 Å². The lowest BCUT2D eigenvalue weighted by molar-refractivity contribution is 0.0983. The fourth-order valence-electron chi connectivity index (χ4n) is 3.26. The monoisotopic (exact) mass is 360 g/mol. The highest BCUT2D eigenvalue weighted by molar-refractivity contribution is 6.06. The summed E-state index contributed by atoms with van der Waals surface area (Å²) in [6, 6.07) is 19.2. The molecule has 0 unspecified atom stereocenters. The normalized spacial score (nSPS) is 12.6. The summed E-state index contributed by atoms with van der Waals surface area (Å²) in [6.07, 6.45) is 0.869. The summed E-state index contributed by atoms with van der Waals surface area (Å²) in [4.78, 5) is 14.5. The predicted molar refractivity (Wildman–Crippen MR) is 104 cm³/mol. The molecule has 0 saturated carbocycles. The molecule has 6 nitrogen and oxygen atoms in total. The van der Waals surface area contributed by atoms with Crippen LogP contribution < -0.4 is 15.0 Å². The van der Waals surface area contributed by atoms with Crippen molar-refractivity contribution in [2.45, 2.75) is 13.0 Å². The lowest BCUT2D eigenvalue weighted by Gasteiger charge is -2.16. The van der Waals surface area contributed by atoms with Gasteiger partial charge in [0.2, 0.25) is 0 Å². The smallest absolute Gasteiger partial charge is 0.278 e. The van der Waals surface area contributed by atoms with E-state index in [1.807, 2.05) is 42.5 Å². The van der Waals surface area contributed by atoms with Gasteiger partial charge in [-0.05, 0) is 36.2 Å². The Morgan fingerprint density at radius 3 is 2.70 bits per heavy atom. The second-order valence-electron chi connectivity index (χ2n) is 6.30. The SMILES string of the molecule is COc1ccccc1CNc1ccc(C(=O)N2CCc3ccccc32)nn1. The van der Waals surface area contributed by atoms with Crippen molar-refractivity contribution < 1.29 is 9.53 Å². The van der Waals surface area contributed by atoms with Gasteiger partial charge in [0.15, 0.2) is 5.69 Å². The van der Waals surface area contributed by atoms with Crippen LogP contribution in [0.2, 0.25) is 0 Å². The van der Waals surface area contributed by atoms with E-state index >= 15 is 0 Å². The van der Waals surface area contributed by atoms with Gasteiger partial charge in [-0.3, -0.25) is 4.79 Å². The largest absolute Gasteiger partial charge is 0.496 e. The summed E-state index contributed by atoms with van der Waals surface area (Å²) in [5.41, 5.74) is 3.52. The first-order valence-corrected chi connectivity index (χ1v) is 8.85. The molecule has 0 fully saturated rings. The van der Waals surface area contributed by atoms with Crippen LogP contribution in [-0.4, -0.2) is 29.8 Å². The van der Waals surface area contributed by atoms with E-state index in [1.165, 1.54) is 5.56 Å². The van der Waals surface area contributed by atoms with Crippen LogP contribution in [0.15, 0.2) is 60.7 Å². The van der Waals surface area contributed by atoms with Crippen molar-refractivity contribution in [1.29, 1.82) is 0 Å². The van der Waals surface area contributed by atoms with Crippen molar-refractivity contribution >= 4 is 17.4 Å². The number of para-hydroxylation sites is 2. The number of anilines is 2. The molecule has 0 bridgehead atoms. The summed E-state index contributed by atoms with van der Waals surface area (Å²) >= 11 is 0. The molecule has 1 amide bonds. The molecule has 4 rings (SSSR count). The lowest BCUT2D eigenvalue weighted by atomic mass is 10.2. The average molecular weight is 360 g/mol. The van der Waals surface area contributed by atoms with Crippen LogP contribution >= 0.6 is 0 Å². The van der Waals surface area contributed by atoms with Crippen molar-refractivity contribution in [2.24, 2.45) is 0 Å². The molecule has 1 aromatic heterocycles. The Labute approximate surface area is 157 Å². The average Bonchev–Trinajstić information content (AvgIpc) is 3.16. The quantitative estimate of drug-likeness (QED) is 0.756. The highest BCUT2D eigenvalue weighted by atomic mass is 16.5. The van der Waals surface area contributed by atoms with E-state index in [1.54, 1.807) is 24.1 Å². The number of ether oxygens (including phenoxy) is 1. The molecule has 2 aromatic carbocycles. The molecule has 6 heteroatoms. The number of nitrogens with zero attached hydrogens (tertiary/aromatic N) is 3. The Bertz CT molecular complexity index is 956. The third-order valence-electron chi connectivity index (χ3n) is 4.67. The third kappa shape index (κ3) is 3.46. The van der Waals surface area contributed by atoms with Crippen LogP contribution in [0.25, 0.3) is 0 Å². The molecule has 0 radical (unpaired) electrons. The molecule has 136 valence electrons. The number of hydrogen-bond acceptors (Lipinski definition) is 5. The molecular formula is C21H20N4O2. The van der Waals surface area contributed by atoms with E-state index in [-0.39, 0.29) is 5.91 Å². The number of fused-ring (bicyclic) bond motifs is 1. The zero-order chi connectivity index (χ0) is 18.6. The van der Waals surface area contributed by atoms with Gasteiger partial charge in [0, 0.05) is 24.3 Å². The summed E-state index contributed by atoms with van der Waals surface area (Å²) in [5, 5.41) is 11.5. The molecule has 1 aliphatic rings. The fraction of sp³-hybridized carbons (Fsp3) is 0.190. The number of amides is 1. The number of aromatic nitrogens is 2. The van der Waals surface area contributed by atoms with Crippen LogP contribution in [0, 0.1) is 0 Å². The van der Waals surface area contributed by atoms with Crippen molar-refractivity contribution in [2.75, 3.05) is 23.9 Å². The molecule has 1 N–H and O–H groups in total. The minimum Gasteiger partial charge on any atom is -0.496 e. The van der Waals surface area contributed by atoms with Crippen LogP contribution in [0.3, 0.4) is 0 Å². The lowest BCUT2D eigenvalue weighted by Crippen LogP contribution is -2.29. The summed E-state index contributed by atoms with van der Waals surface area (Å²) < 4.78 is 5.34. The molecule has 0 saturated heterocycles. The minimum absolute atomic E-state index is 0.122. The highest BCUT2D eigenvalue weighted by Gasteiger charge is 2.26. The van der Waals surface area contributed by atoms with E-state index in [0.717, 1.165) is 23.4 Å². The predicted octanol–water partition coefficient (Wildman–Crippen LogP) is 3.30. The Morgan fingerprint density at radius 1 is 1.07 bits per heavy atom. The molecule has 0 aliphatic carbocycles. The number of nitrogens with one attached hydrogen (secondary N) is 1. The van der Waals surface area contributed by atoms with Gasteiger partial charge in [0.25, 0.3) is 5.91 Å². The standard InChI is InChI=1S/C21H20N4O2/c1-27-19-9-5-3-7-16(19)14-22-20-11-10-17(23-24-20)21(26)25-13-12-15-6-2-4-8-18(15)25/h2-11H,12-14H2,1H3,(H,22,24). The number of carbonyl (C=O) groups is 1. The van der Waals surface area contributed by atoms with Gasteiger partial charge in [-0.2, -0.15) is 0 Å².